The Kier molecular flexibility index (Phi) is 2.67. The lowest BCUT2D eigenvalue weighted by atomic mass is 10.0. The Morgan fingerprint density at radius 3 is 2.58 bits per heavy atom. The standard InChI is InChI=1S/C8H9FINO/c1-8(2,12)7-6(9)3-5(10)4-11-7/h3-4,12H,1-2H3. The Morgan fingerprint density at radius 2 is 2.17 bits per heavy atom. The van der Waals surface area contributed by atoms with Crippen molar-refractivity contribution in [3.8, 4) is 0 Å². The molecular formula is C8H9FINO. The Morgan fingerprint density at radius 1 is 1.58 bits per heavy atom. The topological polar surface area (TPSA) is 33.1 Å². The summed E-state index contributed by atoms with van der Waals surface area (Å²) in [5.74, 6) is -0.464. The van der Waals surface area contributed by atoms with E-state index >= 15 is 0 Å². The molecule has 1 aromatic rings. The van der Waals surface area contributed by atoms with Crippen molar-refractivity contribution < 1.29 is 9.50 Å². The molecule has 4 heteroatoms. The maximum atomic E-state index is 13.1. The second-order valence-corrected chi connectivity index (χ2v) is 4.29. The molecule has 1 rings (SSSR count). The summed E-state index contributed by atoms with van der Waals surface area (Å²) in [6.07, 6.45) is 1.52. The maximum absolute atomic E-state index is 13.1. The number of nitrogens with zero attached hydrogens (tertiary/aromatic N) is 1. The Bertz CT molecular complexity index is 296. The predicted molar refractivity (Wildman–Crippen MR) is 52.2 cm³/mol. The average Bonchev–Trinajstić information content (AvgIpc) is 1.83. The van der Waals surface area contributed by atoms with E-state index in [9.17, 15) is 9.50 Å². The zero-order valence-electron chi connectivity index (χ0n) is 6.81. The van der Waals surface area contributed by atoms with Gasteiger partial charge in [-0.25, -0.2) is 4.39 Å². The second kappa shape index (κ2) is 3.26. The number of hydrogen-bond donors (Lipinski definition) is 1. The van der Waals surface area contributed by atoms with Crippen molar-refractivity contribution in [2.45, 2.75) is 19.4 Å². The van der Waals surface area contributed by atoms with Gasteiger partial charge < -0.3 is 5.11 Å². The lowest BCUT2D eigenvalue weighted by Crippen LogP contribution is -2.19. The van der Waals surface area contributed by atoms with Gasteiger partial charge in [-0.3, -0.25) is 4.98 Å². The molecule has 0 spiro atoms. The van der Waals surface area contributed by atoms with Gasteiger partial charge in [0, 0.05) is 9.77 Å². The van der Waals surface area contributed by atoms with Crippen LogP contribution in [0.2, 0.25) is 0 Å². The van der Waals surface area contributed by atoms with Crippen LogP contribution in [-0.4, -0.2) is 10.1 Å². The van der Waals surface area contributed by atoms with Crippen molar-refractivity contribution in [3.63, 3.8) is 0 Å². The maximum Gasteiger partial charge on any atom is 0.148 e. The van der Waals surface area contributed by atoms with Gasteiger partial charge >= 0.3 is 0 Å². The molecule has 0 atom stereocenters. The van der Waals surface area contributed by atoms with E-state index in [2.05, 4.69) is 4.98 Å². The van der Waals surface area contributed by atoms with Gasteiger partial charge in [-0.15, -0.1) is 0 Å². The quantitative estimate of drug-likeness (QED) is 0.799. The zero-order valence-corrected chi connectivity index (χ0v) is 8.96. The zero-order chi connectivity index (χ0) is 9.35. The highest BCUT2D eigenvalue weighted by Gasteiger charge is 2.21. The average molecular weight is 281 g/mol. The number of aliphatic hydroxyl groups is 1. The molecular weight excluding hydrogens is 272 g/mol. The van der Waals surface area contributed by atoms with Crippen LogP contribution in [0.3, 0.4) is 0 Å². The number of hydrogen-bond acceptors (Lipinski definition) is 2. The van der Waals surface area contributed by atoms with E-state index in [1.807, 2.05) is 22.6 Å². The molecule has 0 unspecified atom stereocenters. The van der Waals surface area contributed by atoms with Crippen molar-refractivity contribution in [1.82, 2.24) is 4.98 Å². The molecule has 1 heterocycles. The third-order valence-corrected chi connectivity index (χ3v) is 1.98. The summed E-state index contributed by atoms with van der Waals surface area (Å²) in [7, 11) is 0. The van der Waals surface area contributed by atoms with E-state index in [4.69, 9.17) is 0 Å². The molecule has 0 radical (unpaired) electrons. The molecule has 0 saturated heterocycles. The summed E-state index contributed by atoms with van der Waals surface area (Å²) >= 11 is 1.97. The van der Waals surface area contributed by atoms with Gasteiger partial charge in [0.2, 0.25) is 0 Å². The number of pyridine rings is 1. The van der Waals surface area contributed by atoms with Crippen LogP contribution in [0.1, 0.15) is 19.5 Å². The number of rotatable bonds is 1. The Balaban J connectivity index is 3.19. The summed E-state index contributed by atoms with van der Waals surface area (Å²) in [5, 5.41) is 9.46. The van der Waals surface area contributed by atoms with Crippen LogP contribution in [0.25, 0.3) is 0 Å². The molecule has 0 aliphatic carbocycles. The summed E-state index contributed by atoms with van der Waals surface area (Å²) < 4.78 is 13.8. The summed E-state index contributed by atoms with van der Waals surface area (Å²) in [4.78, 5) is 3.82. The normalized spacial score (nSPS) is 11.8. The summed E-state index contributed by atoms with van der Waals surface area (Å²) in [6.45, 7) is 3.01. The lowest BCUT2D eigenvalue weighted by Gasteiger charge is -2.16. The molecule has 0 aromatic carbocycles. The molecule has 0 bridgehead atoms. The fraction of sp³-hybridized carbons (Fsp3) is 0.375. The minimum atomic E-state index is -1.21. The van der Waals surface area contributed by atoms with Gasteiger partial charge in [0.1, 0.15) is 17.1 Å². The first-order valence-corrected chi connectivity index (χ1v) is 4.53. The SMILES string of the molecule is CC(C)(O)c1ncc(I)cc1F. The monoisotopic (exact) mass is 281 g/mol. The first kappa shape index (κ1) is 9.85. The van der Waals surface area contributed by atoms with Crippen LogP contribution in [-0.2, 0) is 5.60 Å². The van der Waals surface area contributed by atoms with Crippen LogP contribution in [0, 0.1) is 9.39 Å². The van der Waals surface area contributed by atoms with Gasteiger partial charge in [-0.1, -0.05) is 0 Å². The van der Waals surface area contributed by atoms with E-state index in [-0.39, 0.29) is 5.69 Å². The molecule has 0 saturated carbocycles. The summed E-state index contributed by atoms with van der Waals surface area (Å²) in [5.41, 5.74) is -1.13. The van der Waals surface area contributed by atoms with Crippen molar-refractivity contribution in [1.29, 1.82) is 0 Å². The van der Waals surface area contributed by atoms with Crippen LogP contribution in [0.5, 0.6) is 0 Å². The highest BCUT2D eigenvalue weighted by molar-refractivity contribution is 14.1. The third-order valence-electron chi connectivity index (χ3n) is 1.39. The minimum absolute atomic E-state index is 0.0860. The smallest absolute Gasteiger partial charge is 0.148 e. The van der Waals surface area contributed by atoms with Crippen molar-refractivity contribution >= 4 is 22.6 Å². The van der Waals surface area contributed by atoms with Gasteiger partial charge in [-0.2, -0.15) is 0 Å². The molecule has 66 valence electrons. The van der Waals surface area contributed by atoms with Gasteiger partial charge in [-0.05, 0) is 42.5 Å². The highest BCUT2D eigenvalue weighted by Crippen LogP contribution is 2.21. The molecule has 2 nitrogen and oxygen atoms in total. The Hall–Kier alpha value is -0.230. The van der Waals surface area contributed by atoms with Crippen molar-refractivity contribution in [3.05, 3.63) is 27.3 Å². The third kappa shape index (κ3) is 2.13. The Labute approximate surface area is 84.0 Å². The van der Waals surface area contributed by atoms with Gasteiger partial charge in [0.15, 0.2) is 0 Å². The molecule has 0 aliphatic rings. The minimum Gasteiger partial charge on any atom is -0.384 e. The molecule has 0 amide bonds. The van der Waals surface area contributed by atoms with Crippen LogP contribution >= 0.6 is 22.6 Å². The van der Waals surface area contributed by atoms with Crippen LogP contribution in [0.4, 0.5) is 4.39 Å². The molecule has 1 N–H and O–H groups in total. The number of aromatic nitrogens is 1. The first-order valence-electron chi connectivity index (χ1n) is 3.45. The summed E-state index contributed by atoms with van der Waals surface area (Å²) in [6, 6.07) is 1.35. The molecule has 1 aromatic heterocycles. The van der Waals surface area contributed by atoms with Crippen molar-refractivity contribution in [2.24, 2.45) is 0 Å². The molecule has 12 heavy (non-hydrogen) atoms. The van der Waals surface area contributed by atoms with E-state index in [1.165, 1.54) is 26.1 Å². The fourth-order valence-corrected chi connectivity index (χ4v) is 1.28. The van der Waals surface area contributed by atoms with E-state index in [0.29, 0.717) is 0 Å². The van der Waals surface area contributed by atoms with E-state index in [1.54, 1.807) is 0 Å². The second-order valence-electron chi connectivity index (χ2n) is 3.04. The van der Waals surface area contributed by atoms with Crippen molar-refractivity contribution in [2.75, 3.05) is 0 Å². The highest BCUT2D eigenvalue weighted by atomic mass is 127. The lowest BCUT2D eigenvalue weighted by molar-refractivity contribution is 0.0694. The first-order chi connectivity index (χ1) is 5.41. The van der Waals surface area contributed by atoms with Gasteiger partial charge in [0.05, 0.1) is 0 Å². The predicted octanol–water partition coefficient (Wildman–Crippen LogP) is 2.05. The largest absolute Gasteiger partial charge is 0.384 e. The fourth-order valence-electron chi connectivity index (χ4n) is 0.865. The molecule has 0 aliphatic heterocycles. The van der Waals surface area contributed by atoms with E-state index in [0.717, 1.165) is 3.57 Å². The van der Waals surface area contributed by atoms with Crippen LogP contribution in [0.15, 0.2) is 12.3 Å². The number of halogens is 2. The van der Waals surface area contributed by atoms with Crippen LogP contribution < -0.4 is 0 Å². The van der Waals surface area contributed by atoms with Gasteiger partial charge in [0.25, 0.3) is 0 Å². The molecule has 0 fully saturated rings. The van der Waals surface area contributed by atoms with E-state index < -0.39 is 11.4 Å².